The molecule has 0 fully saturated rings. The van der Waals surface area contributed by atoms with E-state index in [9.17, 15) is 0 Å². The summed E-state index contributed by atoms with van der Waals surface area (Å²) in [4.78, 5) is 8.39. The van der Waals surface area contributed by atoms with E-state index in [1.165, 1.54) is 0 Å². The molecule has 96 valence electrons. The van der Waals surface area contributed by atoms with Crippen LogP contribution in [0.25, 0.3) is 0 Å². The molecular formula is C12H16N4O2. The molecule has 1 unspecified atom stereocenters. The number of anilines is 2. The van der Waals surface area contributed by atoms with Crippen molar-refractivity contribution in [3.8, 4) is 5.88 Å². The second-order valence-corrected chi connectivity index (χ2v) is 3.97. The zero-order chi connectivity index (χ0) is 13.1. The minimum absolute atomic E-state index is 0.124. The van der Waals surface area contributed by atoms with Gasteiger partial charge in [0.2, 0.25) is 11.8 Å². The van der Waals surface area contributed by atoms with Gasteiger partial charge >= 0.3 is 0 Å². The van der Waals surface area contributed by atoms with Crippen molar-refractivity contribution in [2.75, 3.05) is 18.2 Å². The van der Waals surface area contributed by atoms with Crippen LogP contribution in [0.15, 0.2) is 22.7 Å². The minimum atomic E-state index is -0.124. The van der Waals surface area contributed by atoms with E-state index in [1.807, 2.05) is 13.8 Å². The van der Waals surface area contributed by atoms with Crippen LogP contribution in [0.2, 0.25) is 0 Å². The van der Waals surface area contributed by atoms with Crippen LogP contribution in [0.4, 0.5) is 11.5 Å². The molecule has 0 aliphatic heterocycles. The molecule has 0 aromatic carbocycles. The van der Waals surface area contributed by atoms with Gasteiger partial charge in [-0.25, -0.2) is 4.98 Å². The number of nitrogens with one attached hydrogen (secondary N) is 1. The molecule has 2 heterocycles. The highest BCUT2D eigenvalue weighted by atomic mass is 16.5. The number of aromatic nitrogens is 2. The lowest BCUT2D eigenvalue weighted by Crippen LogP contribution is -2.10. The summed E-state index contributed by atoms with van der Waals surface area (Å²) in [7, 11) is 1.56. The van der Waals surface area contributed by atoms with E-state index >= 15 is 0 Å². The molecule has 0 saturated carbocycles. The SMILES string of the molecule is COc1ccc(N)c(NC(C)c2ncc(C)o2)n1. The Labute approximate surface area is 105 Å². The number of oxazole rings is 1. The van der Waals surface area contributed by atoms with Gasteiger partial charge in [-0.15, -0.1) is 0 Å². The molecule has 0 aliphatic rings. The molecule has 18 heavy (non-hydrogen) atoms. The summed E-state index contributed by atoms with van der Waals surface area (Å²) in [5, 5.41) is 3.14. The highest BCUT2D eigenvalue weighted by molar-refractivity contribution is 5.62. The second-order valence-electron chi connectivity index (χ2n) is 3.97. The molecule has 6 nitrogen and oxygen atoms in total. The largest absolute Gasteiger partial charge is 0.481 e. The molecule has 0 bridgehead atoms. The maximum absolute atomic E-state index is 5.84. The summed E-state index contributed by atoms with van der Waals surface area (Å²) in [5.41, 5.74) is 6.39. The fraction of sp³-hybridized carbons (Fsp3) is 0.333. The van der Waals surface area contributed by atoms with E-state index in [0.717, 1.165) is 5.76 Å². The van der Waals surface area contributed by atoms with Gasteiger partial charge in [0, 0.05) is 6.07 Å². The van der Waals surface area contributed by atoms with E-state index in [-0.39, 0.29) is 6.04 Å². The Bertz CT molecular complexity index is 539. The Balaban J connectivity index is 2.18. The number of rotatable bonds is 4. The molecule has 1 atom stereocenters. The van der Waals surface area contributed by atoms with E-state index in [1.54, 1.807) is 25.4 Å². The molecular weight excluding hydrogens is 232 g/mol. The molecule has 0 amide bonds. The first kappa shape index (κ1) is 12.2. The lowest BCUT2D eigenvalue weighted by Gasteiger charge is -2.13. The highest BCUT2D eigenvalue weighted by Crippen LogP contribution is 2.24. The quantitative estimate of drug-likeness (QED) is 0.862. The fourth-order valence-corrected chi connectivity index (χ4v) is 1.52. The minimum Gasteiger partial charge on any atom is -0.481 e. The van der Waals surface area contributed by atoms with Crippen molar-refractivity contribution >= 4 is 11.5 Å². The molecule has 6 heteroatoms. The first-order valence-corrected chi connectivity index (χ1v) is 5.59. The summed E-state index contributed by atoms with van der Waals surface area (Å²) >= 11 is 0. The van der Waals surface area contributed by atoms with Gasteiger partial charge < -0.3 is 20.2 Å². The molecule has 0 aliphatic carbocycles. The van der Waals surface area contributed by atoms with Crippen molar-refractivity contribution in [2.24, 2.45) is 0 Å². The lowest BCUT2D eigenvalue weighted by atomic mass is 10.3. The van der Waals surface area contributed by atoms with E-state index in [2.05, 4.69) is 15.3 Å². The van der Waals surface area contributed by atoms with Crippen molar-refractivity contribution in [3.63, 3.8) is 0 Å². The van der Waals surface area contributed by atoms with Gasteiger partial charge in [0.15, 0.2) is 5.82 Å². The monoisotopic (exact) mass is 248 g/mol. The second kappa shape index (κ2) is 4.95. The van der Waals surface area contributed by atoms with Gasteiger partial charge in [-0.05, 0) is 19.9 Å². The first-order valence-electron chi connectivity index (χ1n) is 5.59. The van der Waals surface area contributed by atoms with Gasteiger partial charge in [0.05, 0.1) is 19.0 Å². The van der Waals surface area contributed by atoms with Crippen molar-refractivity contribution < 1.29 is 9.15 Å². The summed E-state index contributed by atoms with van der Waals surface area (Å²) in [6.45, 7) is 3.77. The number of aryl methyl sites for hydroxylation is 1. The molecule has 0 spiro atoms. The standard InChI is InChI=1S/C12H16N4O2/c1-7-6-14-12(18-7)8(2)15-11-9(13)4-5-10(16-11)17-3/h4-6,8H,13H2,1-3H3,(H,15,16). The maximum atomic E-state index is 5.84. The van der Waals surface area contributed by atoms with Gasteiger partial charge in [0.25, 0.3) is 0 Å². The number of hydrogen-bond acceptors (Lipinski definition) is 6. The van der Waals surface area contributed by atoms with E-state index < -0.39 is 0 Å². The van der Waals surface area contributed by atoms with E-state index in [4.69, 9.17) is 14.9 Å². The number of pyridine rings is 1. The molecule has 0 saturated heterocycles. The normalized spacial score (nSPS) is 12.2. The van der Waals surface area contributed by atoms with Crippen LogP contribution in [-0.4, -0.2) is 17.1 Å². The predicted molar refractivity (Wildman–Crippen MR) is 68.5 cm³/mol. The van der Waals surface area contributed by atoms with Crippen LogP contribution in [-0.2, 0) is 0 Å². The smallest absolute Gasteiger partial charge is 0.216 e. The van der Waals surface area contributed by atoms with Crippen molar-refractivity contribution in [3.05, 3.63) is 30.0 Å². The Morgan fingerprint density at radius 3 is 2.83 bits per heavy atom. The average molecular weight is 248 g/mol. The van der Waals surface area contributed by atoms with Gasteiger partial charge in [-0.2, -0.15) is 4.98 Å². The molecule has 0 radical (unpaired) electrons. The van der Waals surface area contributed by atoms with Crippen LogP contribution in [0.5, 0.6) is 5.88 Å². The molecule has 2 aromatic heterocycles. The highest BCUT2D eigenvalue weighted by Gasteiger charge is 2.13. The number of nitrogens with two attached hydrogens (primary N) is 1. The summed E-state index contributed by atoms with van der Waals surface area (Å²) in [6.07, 6.45) is 1.68. The Hall–Kier alpha value is -2.24. The number of hydrogen-bond donors (Lipinski definition) is 2. The topological polar surface area (TPSA) is 86.2 Å². The van der Waals surface area contributed by atoms with Crippen molar-refractivity contribution in [2.45, 2.75) is 19.9 Å². The number of nitrogen functional groups attached to an aromatic ring is 1. The number of ether oxygens (including phenoxy) is 1. The Morgan fingerprint density at radius 1 is 1.44 bits per heavy atom. The zero-order valence-corrected chi connectivity index (χ0v) is 10.6. The number of methoxy groups -OCH3 is 1. The molecule has 3 N–H and O–H groups in total. The average Bonchev–Trinajstić information content (AvgIpc) is 2.79. The molecule has 2 rings (SSSR count). The van der Waals surface area contributed by atoms with Crippen LogP contribution in [0, 0.1) is 6.92 Å². The van der Waals surface area contributed by atoms with Crippen LogP contribution >= 0.6 is 0 Å². The fourth-order valence-electron chi connectivity index (χ4n) is 1.52. The molecule has 2 aromatic rings. The maximum Gasteiger partial charge on any atom is 0.216 e. The third-order valence-electron chi connectivity index (χ3n) is 2.47. The lowest BCUT2D eigenvalue weighted by molar-refractivity contribution is 0.398. The van der Waals surface area contributed by atoms with Gasteiger partial charge in [-0.1, -0.05) is 0 Å². The first-order chi connectivity index (χ1) is 8.60. The predicted octanol–water partition coefficient (Wildman–Crippen LogP) is 2.14. The van der Waals surface area contributed by atoms with Crippen LogP contribution in [0.3, 0.4) is 0 Å². The van der Waals surface area contributed by atoms with Gasteiger partial charge in [-0.3, -0.25) is 0 Å². The third kappa shape index (κ3) is 2.53. The van der Waals surface area contributed by atoms with Crippen molar-refractivity contribution in [1.82, 2.24) is 9.97 Å². The van der Waals surface area contributed by atoms with Crippen LogP contribution in [0.1, 0.15) is 24.6 Å². The van der Waals surface area contributed by atoms with Crippen LogP contribution < -0.4 is 15.8 Å². The Kier molecular flexibility index (Phi) is 3.36. The Morgan fingerprint density at radius 2 is 2.22 bits per heavy atom. The number of nitrogens with zero attached hydrogens (tertiary/aromatic N) is 2. The summed E-state index contributed by atoms with van der Waals surface area (Å²) in [5.74, 6) is 2.42. The van der Waals surface area contributed by atoms with Gasteiger partial charge in [0.1, 0.15) is 11.8 Å². The van der Waals surface area contributed by atoms with Crippen molar-refractivity contribution in [1.29, 1.82) is 0 Å². The zero-order valence-electron chi connectivity index (χ0n) is 10.6. The van der Waals surface area contributed by atoms with E-state index in [0.29, 0.717) is 23.3 Å². The summed E-state index contributed by atoms with van der Waals surface area (Å²) in [6, 6.07) is 3.32. The third-order valence-corrected chi connectivity index (χ3v) is 2.47. The summed E-state index contributed by atoms with van der Waals surface area (Å²) < 4.78 is 10.5.